The van der Waals surface area contributed by atoms with E-state index in [0.717, 1.165) is 36.9 Å². The number of methoxy groups -OCH3 is 1. The molecule has 1 aliphatic carbocycles. The largest absolute Gasteiger partial charge is 0.465 e. The van der Waals surface area contributed by atoms with Crippen LogP contribution in [-0.4, -0.2) is 37.7 Å². The van der Waals surface area contributed by atoms with Crippen molar-refractivity contribution in [3.05, 3.63) is 29.3 Å². The minimum Gasteiger partial charge on any atom is -0.465 e. The monoisotopic (exact) mass is 345 g/mol. The molecular weight excluding hydrogens is 318 g/mol. The zero-order chi connectivity index (χ0) is 17.8. The van der Waals surface area contributed by atoms with E-state index in [1.54, 1.807) is 11.0 Å². The smallest absolute Gasteiger partial charge is 0.338 e. The maximum Gasteiger partial charge on any atom is 0.338 e. The average molecular weight is 345 g/mol. The van der Waals surface area contributed by atoms with Crippen LogP contribution in [0.2, 0.25) is 0 Å². The number of carbonyl (C=O) groups is 2. The maximum atomic E-state index is 13.0. The topological polar surface area (TPSA) is 55.8 Å². The summed E-state index contributed by atoms with van der Waals surface area (Å²) in [5.74, 6) is -0.369. The number of hydrogen-bond donors (Lipinski definition) is 0. The fourth-order valence-electron chi connectivity index (χ4n) is 3.92. The lowest BCUT2D eigenvalue weighted by molar-refractivity contribution is -0.133. The van der Waals surface area contributed by atoms with E-state index in [4.69, 9.17) is 9.47 Å². The normalized spacial score (nSPS) is 19.2. The van der Waals surface area contributed by atoms with Gasteiger partial charge in [0.05, 0.1) is 18.8 Å². The molecule has 5 heteroatoms. The number of rotatable bonds is 4. The Morgan fingerprint density at radius 1 is 1.16 bits per heavy atom. The Bertz CT molecular complexity index is 637. The van der Waals surface area contributed by atoms with Crippen molar-refractivity contribution in [1.29, 1.82) is 0 Å². The summed E-state index contributed by atoms with van der Waals surface area (Å²) in [6.45, 7) is 2.50. The van der Waals surface area contributed by atoms with Crippen molar-refractivity contribution in [3.63, 3.8) is 0 Å². The fraction of sp³-hybridized carbons (Fsp3) is 0.600. The van der Waals surface area contributed by atoms with E-state index in [1.165, 1.54) is 26.4 Å². The van der Waals surface area contributed by atoms with Gasteiger partial charge in [-0.2, -0.15) is 0 Å². The zero-order valence-corrected chi connectivity index (χ0v) is 15.1. The number of amides is 1. The summed E-state index contributed by atoms with van der Waals surface area (Å²) in [6.07, 6.45) is 7.06. The van der Waals surface area contributed by atoms with Gasteiger partial charge in [0.25, 0.3) is 5.91 Å². The van der Waals surface area contributed by atoms with Gasteiger partial charge in [-0.3, -0.25) is 4.79 Å². The predicted octanol–water partition coefficient (Wildman–Crippen LogP) is 3.49. The van der Waals surface area contributed by atoms with Crippen LogP contribution in [0.1, 0.15) is 61.4 Å². The van der Waals surface area contributed by atoms with Crippen LogP contribution in [0.3, 0.4) is 0 Å². The molecule has 0 radical (unpaired) electrons. The van der Waals surface area contributed by atoms with Crippen LogP contribution in [0.5, 0.6) is 0 Å². The van der Waals surface area contributed by atoms with Crippen molar-refractivity contribution >= 4 is 17.6 Å². The second kappa shape index (κ2) is 8.00. The molecule has 1 amide bonds. The number of anilines is 1. The summed E-state index contributed by atoms with van der Waals surface area (Å²) in [7, 11) is 1.38. The summed E-state index contributed by atoms with van der Waals surface area (Å²) < 4.78 is 10.9. The SMILES string of the molecule is COC(=O)c1cccc2c1CCCN2C(=O)C(C)OC1CCCCC1. The van der Waals surface area contributed by atoms with Gasteiger partial charge in [-0.15, -0.1) is 0 Å². The van der Waals surface area contributed by atoms with Gasteiger partial charge in [0, 0.05) is 12.2 Å². The Hall–Kier alpha value is -1.88. The first-order chi connectivity index (χ1) is 12.1. The number of fused-ring (bicyclic) bond motifs is 1. The molecule has 1 unspecified atom stereocenters. The minimum atomic E-state index is -0.462. The van der Waals surface area contributed by atoms with Crippen molar-refractivity contribution in [3.8, 4) is 0 Å². The third-order valence-electron chi connectivity index (χ3n) is 5.22. The molecular formula is C20H27NO4. The summed E-state index contributed by atoms with van der Waals surface area (Å²) in [5, 5.41) is 0. The molecule has 0 saturated heterocycles. The molecule has 0 N–H and O–H groups in total. The number of hydrogen-bond acceptors (Lipinski definition) is 4. The second-order valence-corrected chi connectivity index (χ2v) is 6.93. The van der Waals surface area contributed by atoms with Crippen molar-refractivity contribution in [2.24, 2.45) is 0 Å². The highest BCUT2D eigenvalue weighted by atomic mass is 16.5. The number of nitrogens with zero attached hydrogens (tertiary/aromatic N) is 1. The summed E-state index contributed by atoms with van der Waals surface area (Å²) in [4.78, 5) is 26.8. The van der Waals surface area contributed by atoms with E-state index in [0.29, 0.717) is 12.1 Å². The molecule has 1 heterocycles. The highest BCUT2D eigenvalue weighted by Crippen LogP contribution is 2.31. The summed E-state index contributed by atoms with van der Waals surface area (Å²) in [5.41, 5.74) is 2.27. The molecule has 25 heavy (non-hydrogen) atoms. The standard InChI is InChI=1S/C20H27NO4/c1-14(25-15-8-4-3-5-9-15)19(22)21-13-7-11-16-17(20(23)24-2)10-6-12-18(16)21/h6,10,12,14-15H,3-5,7-9,11,13H2,1-2H3. The Morgan fingerprint density at radius 2 is 1.92 bits per heavy atom. The predicted molar refractivity (Wildman–Crippen MR) is 95.9 cm³/mol. The summed E-state index contributed by atoms with van der Waals surface area (Å²) in [6, 6.07) is 5.48. The molecule has 0 spiro atoms. The van der Waals surface area contributed by atoms with Gasteiger partial charge in [0.15, 0.2) is 0 Å². The molecule has 136 valence electrons. The number of benzene rings is 1. The molecule has 0 bridgehead atoms. The molecule has 2 aliphatic rings. The van der Waals surface area contributed by atoms with E-state index >= 15 is 0 Å². The van der Waals surface area contributed by atoms with Crippen LogP contribution in [0.4, 0.5) is 5.69 Å². The number of ether oxygens (including phenoxy) is 2. The molecule has 1 aliphatic heterocycles. The second-order valence-electron chi connectivity index (χ2n) is 6.93. The number of carbonyl (C=O) groups excluding carboxylic acids is 2. The van der Waals surface area contributed by atoms with Gasteiger partial charge >= 0.3 is 5.97 Å². The van der Waals surface area contributed by atoms with Gasteiger partial charge in [0.1, 0.15) is 6.10 Å². The van der Waals surface area contributed by atoms with Crippen LogP contribution < -0.4 is 4.90 Å². The Labute approximate surface area is 149 Å². The van der Waals surface area contributed by atoms with E-state index in [1.807, 2.05) is 19.1 Å². The first kappa shape index (κ1) is 17.9. The third-order valence-corrected chi connectivity index (χ3v) is 5.22. The Kier molecular flexibility index (Phi) is 5.74. The van der Waals surface area contributed by atoms with Gasteiger partial charge in [-0.25, -0.2) is 4.79 Å². The molecule has 1 aromatic rings. The van der Waals surface area contributed by atoms with Crippen molar-refractivity contribution in [2.45, 2.75) is 64.1 Å². The van der Waals surface area contributed by atoms with Crippen LogP contribution in [-0.2, 0) is 20.7 Å². The lowest BCUT2D eigenvalue weighted by Gasteiger charge is -2.33. The van der Waals surface area contributed by atoms with Crippen molar-refractivity contribution in [2.75, 3.05) is 18.6 Å². The first-order valence-corrected chi connectivity index (χ1v) is 9.29. The zero-order valence-electron chi connectivity index (χ0n) is 15.1. The molecule has 1 aromatic carbocycles. The van der Waals surface area contributed by atoms with Crippen LogP contribution >= 0.6 is 0 Å². The fourth-order valence-corrected chi connectivity index (χ4v) is 3.92. The minimum absolute atomic E-state index is 0.0199. The Morgan fingerprint density at radius 3 is 2.64 bits per heavy atom. The Balaban J connectivity index is 1.77. The number of esters is 1. The summed E-state index contributed by atoms with van der Waals surface area (Å²) >= 11 is 0. The van der Waals surface area contributed by atoms with Gasteiger partial charge in [-0.05, 0) is 50.3 Å². The van der Waals surface area contributed by atoms with Crippen LogP contribution in [0, 0.1) is 0 Å². The maximum absolute atomic E-state index is 13.0. The average Bonchev–Trinajstić information content (AvgIpc) is 2.66. The third kappa shape index (κ3) is 3.87. The van der Waals surface area contributed by atoms with Crippen LogP contribution in [0.15, 0.2) is 18.2 Å². The molecule has 5 nitrogen and oxygen atoms in total. The van der Waals surface area contributed by atoms with Crippen molar-refractivity contribution < 1.29 is 19.1 Å². The van der Waals surface area contributed by atoms with E-state index < -0.39 is 6.10 Å². The van der Waals surface area contributed by atoms with E-state index in [-0.39, 0.29) is 18.0 Å². The molecule has 1 saturated carbocycles. The molecule has 1 fully saturated rings. The highest BCUT2D eigenvalue weighted by Gasteiger charge is 2.30. The van der Waals surface area contributed by atoms with E-state index in [9.17, 15) is 9.59 Å². The van der Waals surface area contributed by atoms with E-state index in [2.05, 4.69) is 0 Å². The molecule has 3 rings (SSSR count). The van der Waals surface area contributed by atoms with Gasteiger partial charge in [-0.1, -0.05) is 25.3 Å². The lowest BCUT2D eigenvalue weighted by Crippen LogP contribution is -2.43. The lowest BCUT2D eigenvalue weighted by atomic mass is 9.95. The first-order valence-electron chi connectivity index (χ1n) is 9.29. The van der Waals surface area contributed by atoms with Gasteiger partial charge in [0.2, 0.25) is 0 Å². The molecule has 0 aromatic heterocycles. The van der Waals surface area contributed by atoms with Crippen molar-refractivity contribution in [1.82, 2.24) is 0 Å². The van der Waals surface area contributed by atoms with Gasteiger partial charge < -0.3 is 14.4 Å². The molecule has 1 atom stereocenters. The van der Waals surface area contributed by atoms with Crippen LogP contribution in [0.25, 0.3) is 0 Å². The quantitative estimate of drug-likeness (QED) is 0.784. The highest BCUT2D eigenvalue weighted by molar-refractivity contribution is 6.00.